The van der Waals surface area contributed by atoms with Crippen molar-refractivity contribution in [2.45, 2.75) is 18.5 Å². The zero-order chi connectivity index (χ0) is 19.7. The average molecular weight is 398 g/mol. The summed E-state index contributed by atoms with van der Waals surface area (Å²) in [6.07, 6.45) is 2.10. The molecule has 2 N–H and O–H groups in total. The third kappa shape index (κ3) is 3.16. The van der Waals surface area contributed by atoms with Crippen LogP contribution < -0.4 is 10.6 Å². The topological polar surface area (TPSA) is 70.7 Å². The number of carbonyl (C=O) groups excluding carboxylic acids is 2. The Hall–Kier alpha value is -2.80. The number of nitrogens with zero attached hydrogens (tertiary/aromatic N) is 1. The summed E-state index contributed by atoms with van der Waals surface area (Å²) in [4.78, 5) is 26.6. The van der Waals surface area contributed by atoms with E-state index >= 15 is 0 Å². The fraction of sp³-hybridized carbons (Fsp3) is 0.333. The summed E-state index contributed by atoms with van der Waals surface area (Å²) in [6, 6.07) is 7.74. The first-order valence-electron chi connectivity index (χ1n) is 9.33. The Morgan fingerprint density at radius 3 is 3.00 bits per heavy atom. The van der Waals surface area contributed by atoms with Gasteiger partial charge >= 0.3 is 6.09 Å². The molecule has 3 atom stereocenters. The summed E-state index contributed by atoms with van der Waals surface area (Å²) >= 11 is 1.67. The van der Waals surface area contributed by atoms with Crippen molar-refractivity contribution >= 4 is 29.0 Å². The molecule has 0 spiro atoms. The normalized spacial score (nSPS) is 22.6. The molecule has 0 bridgehead atoms. The van der Waals surface area contributed by atoms with Crippen LogP contribution in [-0.4, -0.2) is 37.1 Å². The van der Waals surface area contributed by atoms with Crippen molar-refractivity contribution < 1.29 is 14.3 Å². The van der Waals surface area contributed by atoms with E-state index in [2.05, 4.69) is 34.0 Å². The molecular formula is C21H23N3O3S. The third-order valence-corrected chi connectivity index (χ3v) is 6.21. The van der Waals surface area contributed by atoms with Gasteiger partial charge in [0, 0.05) is 30.8 Å². The molecule has 6 nitrogen and oxygen atoms in total. The Labute approximate surface area is 168 Å². The zero-order valence-corrected chi connectivity index (χ0v) is 16.5. The zero-order valence-electron chi connectivity index (χ0n) is 15.7. The largest absolute Gasteiger partial charge is 0.445 e. The summed E-state index contributed by atoms with van der Waals surface area (Å²) < 4.78 is 5.34. The minimum atomic E-state index is -0.338. The summed E-state index contributed by atoms with van der Waals surface area (Å²) in [5, 5.41) is 10.5. The molecule has 3 heterocycles. The van der Waals surface area contributed by atoms with Crippen molar-refractivity contribution in [3.63, 3.8) is 0 Å². The van der Waals surface area contributed by atoms with Crippen molar-refractivity contribution in [1.29, 1.82) is 0 Å². The smallest absolute Gasteiger partial charge is 0.410 e. The average Bonchev–Trinajstić information content (AvgIpc) is 3.40. The molecular weight excluding hydrogens is 374 g/mol. The van der Waals surface area contributed by atoms with Crippen LogP contribution in [0.1, 0.15) is 40.0 Å². The van der Waals surface area contributed by atoms with E-state index in [1.807, 2.05) is 18.2 Å². The number of nitrogens with one attached hydrogen (secondary N) is 2. The van der Waals surface area contributed by atoms with Gasteiger partial charge in [-0.25, -0.2) is 4.79 Å². The van der Waals surface area contributed by atoms with E-state index in [0.717, 1.165) is 17.7 Å². The number of thiophene rings is 1. The second-order valence-corrected chi connectivity index (χ2v) is 7.80. The molecule has 4 rings (SSSR count). The van der Waals surface area contributed by atoms with Crippen LogP contribution in [0.2, 0.25) is 0 Å². The van der Waals surface area contributed by atoms with Crippen molar-refractivity contribution in [1.82, 2.24) is 10.2 Å². The number of ether oxygens (including phenoxy) is 1. The molecule has 1 fully saturated rings. The second-order valence-electron chi connectivity index (χ2n) is 7.02. The lowest BCUT2D eigenvalue weighted by Crippen LogP contribution is -2.38. The molecule has 28 heavy (non-hydrogen) atoms. The minimum Gasteiger partial charge on any atom is -0.445 e. The monoisotopic (exact) mass is 397 g/mol. The number of hydrogen-bond acceptors (Lipinski definition) is 5. The first-order valence-corrected chi connectivity index (χ1v) is 10.3. The van der Waals surface area contributed by atoms with Crippen molar-refractivity contribution in [3.8, 4) is 0 Å². The first kappa shape index (κ1) is 18.6. The molecule has 2 amide bonds. The molecule has 0 saturated carbocycles. The van der Waals surface area contributed by atoms with Crippen molar-refractivity contribution in [2.24, 2.45) is 5.92 Å². The highest BCUT2D eigenvalue weighted by Gasteiger charge is 2.47. The SMILES string of the molecule is C=CCOC(=O)N1CCC2C(c3ccsc3)Nc3ccc(C(=O)NC)cc3C21. The number of benzene rings is 1. The van der Waals surface area contributed by atoms with E-state index in [9.17, 15) is 9.59 Å². The van der Waals surface area contributed by atoms with Gasteiger partial charge in [-0.2, -0.15) is 11.3 Å². The van der Waals surface area contributed by atoms with Crippen LogP contribution in [0, 0.1) is 5.92 Å². The maximum atomic E-state index is 12.7. The van der Waals surface area contributed by atoms with Gasteiger partial charge in [0.1, 0.15) is 6.61 Å². The summed E-state index contributed by atoms with van der Waals surface area (Å²) in [5.74, 6) is 0.0661. The van der Waals surface area contributed by atoms with Crippen LogP contribution in [0.15, 0.2) is 47.7 Å². The molecule has 1 saturated heterocycles. The van der Waals surface area contributed by atoms with Crippen LogP contribution in [0.3, 0.4) is 0 Å². The highest BCUT2D eigenvalue weighted by atomic mass is 32.1. The summed E-state index contributed by atoms with van der Waals surface area (Å²) in [7, 11) is 1.62. The standard InChI is InChI=1S/C21H23N3O3S/c1-3-9-27-21(26)24-8-6-15-18(14-7-10-28-12-14)23-17-5-4-13(20(25)22-2)11-16(17)19(15)24/h3-5,7,10-12,15,18-19,23H,1,6,8-9H2,2H3,(H,22,25). The van der Waals surface area contributed by atoms with Gasteiger partial charge in [0.15, 0.2) is 0 Å². The third-order valence-electron chi connectivity index (χ3n) is 5.50. The van der Waals surface area contributed by atoms with E-state index in [1.165, 1.54) is 5.56 Å². The van der Waals surface area contributed by atoms with E-state index in [4.69, 9.17) is 4.74 Å². The van der Waals surface area contributed by atoms with Gasteiger partial charge < -0.3 is 20.3 Å². The van der Waals surface area contributed by atoms with Gasteiger partial charge in [0.2, 0.25) is 0 Å². The highest BCUT2D eigenvalue weighted by Crippen LogP contribution is 2.51. The Kier molecular flexibility index (Phi) is 5.09. The molecule has 0 radical (unpaired) electrons. The van der Waals surface area contributed by atoms with E-state index < -0.39 is 0 Å². The van der Waals surface area contributed by atoms with Crippen LogP contribution in [0.5, 0.6) is 0 Å². The molecule has 1 aromatic carbocycles. The lowest BCUT2D eigenvalue weighted by molar-refractivity contribution is 0.0962. The fourth-order valence-corrected chi connectivity index (χ4v) is 4.96. The first-order chi connectivity index (χ1) is 13.6. The second kappa shape index (κ2) is 7.67. The van der Waals surface area contributed by atoms with Gasteiger partial charge in [-0.05, 0) is 52.6 Å². The predicted octanol–water partition coefficient (Wildman–Crippen LogP) is 3.96. The van der Waals surface area contributed by atoms with Gasteiger partial charge in [0.05, 0.1) is 12.1 Å². The number of rotatable bonds is 4. The molecule has 0 aliphatic carbocycles. The number of amides is 2. The molecule has 1 aromatic heterocycles. The summed E-state index contributed by atoms with van der Waals surface area (Å²) in [5.41, 5.74) is 3.73. The van der Waals surface area contributed by atoms with Gasteiger partial charge in [-0.3, -0.25) is 4.79 Å². The number of carbonyl (C=O) groups is 2. The number of anilines is 1. The molecule has 146 valence electrons. The molecule has 7 heteroatoms. The maximum absolute atomic E-state index is 12.7. The molecule has 2 aliphatic heterocycles. The molecule has 2 aromatic rings. The molecule has 2 aliphatic rings. The Bertz CT molecular complexity index is 896. The van der Waals surface area contributed by atoms with Crippen LogP contribution >= 0.6 is 11.3 Å². The van der Waals surface area contributed by atoms with Gasteiger partial charge in [-0.1, -0.05) is 12.7 Å². The predicted molar refractivity (Wildman–Crippen MR) is 110 cm³/mol. The van der Waals surface area contributed by atoms with E-state index in [1.54, 1.807) is 29.4 Å². The number of fused-ring (bicyclic) bond motifs is 3. The Morgan fingerprint density at radius 2 is 2.29 bits per heavy atom. The lowest BCUT2D eigenvalue weighted by atomic mass is 9.80. The minimum absolute atomic E-state index is 0.117. The van der Waals surface area contributed by atoms with Crippen LogP contribution in [0.4, 0.5) is 10.5 Å². The highest BCUT2D eigenvalue weighted by molar-refractivity contribution is 7.08. The summed E-state index contributed by atoms with van der Waals surface area (Å²) in [6.45, 7) is 4.42. The number of hydrogen-bond donors (Lipinski definition) is 2. The van der Waals surface area contributed by atoms with Crippen LogP contribution in [-0.2, 0) is 4.74 Å². The quantitative estimate of drug-likeness (QED) is 0.766. The fourth-order valence-electron chi connectivity index (χ4n) is 4.26. The Balaban J connectivity index is 1.76. The van der Waals surface area contributed by atoms with Crippen molar-refractivity contribution in [2.75, 3.05) is 25.5 Å². The van der Waals surface area contributed by atoms with Gasteiger partial charge in [-0.15, -0.1) is 0 Å². The van der Waals surface area contributed by atoms with E-state index in [0.29, 0.717) is 12.1 Å². The number of likely N-dealkylation sites (tertiary alicyclic amines) is 1. The van der Waals surface area contributed by atoms with Crippen molar-refractivity contribution in [3.05, 3.63) is 64.4 Å². The van der Waals surface area contributed by atoms with E-state index in [-0.39, 0.29) is 36.6 Å². The lowest BCUT2D eigenvalue weighted by Gasteiger charge is -2.39. The van der Waals surface area contributed by atoms with Crippen LogP contribution in [0.25, 0.3) is 0 Å². The molecule has 3 unspecified atom stereocenters. The Morgan fingerprint density at radius 1 is 1.43 bits per heavy atom. The van der Waals surface area contributed by atoms with Gasteiger partial charge in [0.25, 0.3) is 5.91 Å². The maximum Gasteiger partial charge on any atom is 0.410 e.